The average Bonchev–Trinajstić information content (AvgIpc) is 3.53. The highest BCUT2D eigenvalue weighted by molar-refractivity contribution is 6.10. The van der Waals surface area contributed by atoms with Crippen LogP contribution in [0.15, 0.2) is 65.2 Å². The second-order valence-corrected chi connectivity index (χ2v) is 10.1. The smallest absolute Gasteiger partial charge is 0.325 e. The Bertz CT molecular complexity index is 1420. The first-order valence-electron chi connectivity index (χ1n) is 12.9. The van der Waals surface area contributed by atoms with Gasteiger partial charge in [0, 0.05) is 32.2 Å². The van der Waals surface area contributed by atoms with Gasteiger partial charge in [-0.3, -0.25) is 4.99 Å². The van der Waals surface area contributed by atoms with Crippen molar-refractivity contribution in [1.82, 2.24) is 14.9 Å². The van der Waals surface area contributed by atoms with Crippen molar-refractivity contribution in [3.05, 3.63) is 82.4 Å². The summed E-state index contributed by atoms with van der Waals surface area (Å²) in [5.74, 6) is 3.12. The highest BCUT2D eigenvalue weighted by Crippen LogP contribution is 2.35. The molecule has 0 amide bonds. The fraction of sp³-hybridized carbons (Fsp3) is 0.300. The van der Waals surface area contributed by atoms with Gasteiger partial charge in [0.1, 0.15) is 23.2 Å². The number of hydrogen-bond donors (Lipinski definition) is 1. The molecule has 2 aromatic carbocycles. The van der Waals surface area contributed by atoms with Gasteiger partial charge in [-0.2, -0.15) is 9.97 Å². The number of piperazine rings is 1. The van der Waals surface area contributed by atoms with Gasteiger partial charge in [0.2, 0.25) is 0 Å². The lowest BCUT2D eigenvalue weighted by atomic mass is 10.0. The molecule has 1 saturated heterocycles. The van der Waals surface area contributed by atoms with E-state index in [0.29, 0.717) is 18.4 Å². The van der Waals surface area contributed by atoms with Gasteiger partial charge in [-0.25, -0.2) is 0 Å². The van der Waals surface area contributed by atoms with E-state index in [0.717, 1.165) is 55.6 Å². The maximum absolute atomic E-state index is 6.33. The summed E-state index contributed by atoms with van der Waals surface area (Å²) in [7, 11) is 2.15. The molecule has 7 nitrogen and oxygen atoms in total. The maximum atomic E-state index is 6.33. The van der Waals surface area contributed by atoms with Gasteiger partial charge in [0.15, 0.2) is 0 Å². The minimum absolute atomic E-state index is 0.339. The standard InChI is InChI=1S/C30H32N6O/c1-20-15-23-9-10-26(21(2)25(23)16-20)37-30-33-28(18-29(34-30)36-13-11-35(3)12-14-36)32-27-17-24(19-31-27)22-7-5-4-6-8-22/h4-10,16-18H,11-15,19H2,1-3H3,(H,31,32,33,34). The third-order valence-electron chi connectivity index (χ3n) is 7.27. The average molecular weight is 493 g/mol. The van der Waals surface area contributed by atoms with E-state index in [4.69, 9.17) is 19.7 Å². The quantitative estimate of drug-likeness (QED) is 0.528. The van der Waals surface area contributed by atoms with Crippen LogP contribution in [0.5, 0.6) is 11.8 Å². The van der Waals surface area contributed by atoms with Gasteiger partial charge in [0.25, 0.3) is 0 Å². The molecule has 6 rings (SSSR count). The Morgan fingerprint density at radius 3 is 2.54 bits per heavy atom. The number of nitrogens with one attached hydrogen (secondary N) is 1. The number of nitrogens with zero attached hydrogens (tertiary/aromatic N) is 5. The van der Waals surface area contributed by atoms with Crippen LogP contribution in [0, 0.1) is 6.92 Å². The summed E-state index contributed by atoms with van der Waals surface area (Å²) in [5, 5.41) is 3.41. The van der Waals surface area contributed by atoms with Crippen LogP contribution in [-0.4, -0.2) is 60.5 Å². The number of anilines is 2. The van der Waals surface area contributed by atoms with Crippen molar-refractivity contribution in [2.45, 2.75) is 20.3 Å². The van der Waals surface area contributed by atoms with Crippen LogP contribution in [0.25, 0.3) is 11.6 Å². The van der Waals surface area contributed by atoms with Crippen molar-refractivity contribution in [2.75, 3.05) is 50.0 Å². The Morgan fingerprint density at radius 2 is 1.73 bits per heavy atom. The molecule has 1 aromatic heterocycles. The number of rotatable bonds is 5. The number of likely N-dealkylation sites (N-methyl/N-ethyl adjacent to an activating group) is 1. The molecule has 188 valence electrons. The second kappa shape index (κ2) is 9.82. The van der Waals surface area contributed by atoms with Crippen molar-refractivity contribution in [3.8, 4) is 11.8 Å². The SMILES string of the molecule is CC1=Cc2c(ccc(Oc3nc(NC4=NCC(c5ccccc5)=C4)cc(N4CCN(C)CC4)n3)c2C)C1. The summed E-state index contributed by atoms with van der Waals surface area (Å²) < 4.78 is 6.33. The number of aromatic nitrogens is 2. The van der Waals surface area contributed by atoms with Gasteiger partial charge >= 0.3 is 6.01 Å². The Kier molecular flexibility index (Phi) is 6.22. The number of allylic oxidation sites excluding steroid dienone is 1. The van der Waals surface area contributed by atoms with E-state index in [1.807, 2.05) is 18.2 Å². The lowest BCUT2D eigenvalue weighted by Gasteiger charge is -2.33. The highest BCUT2D eigenvalue weighted by atomic mass is 16.5. The molecule has 37 heavy (non-hydrogen) atoms. The van der Waals surface area contributed by atoms with Crippen LogP contribution in [0.3, 0.4) is 0 Å². The van der Waals surface area contributed by atoms with E-state index in [2.05, 4.69) is 78.5 Å². The van der Waals surface area contributed by atoms with Crippen LogP contribution in [0.4, 0.5) is 11.6 Å². The molecule has 2 aliphatic heterocycles. The number of aliphatic imine (C=N–C) groups is 1. The first-order valence-corrected chi connectivity index (χ1v) is 12.9. The molecule has 3 aromatic rings. The van der Waals surface area contributed by atoms with Crippen LogP contribution in [0.2, 0.25) is 0 Å². The van der Waals surface area contributed by atoms with Gasteiger partial charge in [-0.05, 0) is 67.3 Å². The molecular weight excluding hydrogens is 460 g/mol. The predicted octanol–water partition coefficient (Wildman–Crippen LogP) is 5.20. The Hall–Kier alpha value is -3.97. The van der Waals surface area contributed by atoms with Gasteiger partial charge in [-0.1, -0.05) is 48.0 Å². The monoisotopic (exact) mass is 492 g/mol. The van der Waals surface area contributed by atoms with Gasteiger partial charge in [-0.15, -0.1) is 0 Å². The molecule has 0 radical (unpaired) electrons. The summed E-state index contributed by atoms with van der Waals surface area (Å²) >= 11 is 0. The molecule has 1 N–H and O–H groups in total. The van der Waals surface area contributed by atoms with Crippen molar-refractivity contribution >= 4 is 29.1 Å². The summed E-state index contributed by atoms with van der Waals surface area (Å²) in [4.78, 5) is 18.9. The summed E-state index contributed by atoms with van der Waals surface area (Å²) in [6, 6.07) is 16.9. The molecule has 3 heterocycles. The Labute approximate surface area is 218 Å². The number of fused-ring (bicyclic) bond motifs is 1. The maximum Gasteiger partial charge on any atom is 0.325 e. The number of hydrogen-bond acceptors (Lipinski definition) is 7. The van der Waals surface area contributed by atoms with Crippen molar-refractivity contribution in [2.24, 2.45) is 4.99 Å². The van der Waals surface area contributed by atoms with E-state index in [-0.39, 0.29) is 0 Å². The lowest BCUT2D eigenvalue weighted by molar-refractivity contribution is 0.311. The summed E-state index contributed by atoms with van der Waals surface area (Å²) in [5.41, 5.74) is 7.46. The number of ether oxygens (including phenoxy) is 1. The molecule has 0 spiro atoms. The molecule has 7 heteroatoms. The minimum atomic E-state index is 0.339. The molecular formula is C30H32N6O. The van der Waals surface area contributed by atoms with Crippen LogP contribution in [-0.2, 0) is 6.42 Å². The first kappa shape index (κ1) is 23.4. The second-order valence-electron chi connectivity index (χ2n) is 10.1. The summed E-state index contributed by atoms with van der Waals surface area (Å²) in [6.45, 7) is 8.73. The number of amidine groups is 1. The van der Waals surface area contributed by atoms with Crippen LogP contribution >= 0.6 is 0 Å². The predicted molar refractivity (Wildman–Crippen MR) is 151 cm³/mol. The van der Waals surface area contributed by atoms with Crippen LogP contribution in [0.1, 0.15) is 29.2 Å². The molecule has 0 atom stereocenters. The Balaban J connectivity index is 1.29. The zero-order chi connectivity index (χ0) is 25.4. The molecule has 0 saturated carbocycles. The van der Waals surface area contributed by atoms with Gasteiger partial charge in [0.05, 0.1) is 6.54 Å². The van der Waals surface area contributed by atoms with E-state index < -0.39 is 0 Å². The van der Waals surface area contributed by atoms with Crippen molar-refractivity contribution in [3.63, 3.8) is 0 Å². The molecule has 0 unspecified atom stereocenters. The van der Waals surface area contributed by atoms with Crippen LogP contribution < -0.4 is 15.0 Å². The molecule has 1 aliphatic carbocycles. The normalized spacial score (nSPS) is 17.3. The highest BCUT2D eigenvalue weighted by Gasteiger charge is 2.21. The van der Waals surface area contributed by atoms with Gasteiger partial charge < -0.3 is 19.9 Å². The van der Waals surface area contributed by atoms with E-state index in [9.17, 15) is 0 Å². The van der Waals surface area contributed by atoms with Crippen molar-refractivity contribution in [1.29, 1.82) is 0 Å². The van der Waals surface area contributed by atoms with E-state index in [1.165, 1.54) is 27.8 Å². The third kappa shape index (κ3) is 5.00. The third-order valence-corrected chi connectivity index (χ3v) is 7.27. The molecule has 0 bridgehead atoms. The topological polar surface area (TPSA) is 65.9 Å². The minimum Gasteiger partial charge on any atom is -0.424 e. The fourth-order valence-electron chi connectivity index (χ4n) is 5.11. The fourth-order valence-corrected chi connectivity index (χ4v) is 5.11. The zero-order valence-corrected chi connectivity index (χ0v) is 21.7. The molecule has 1 fully saturated rings. The largest absolute Gasteiger partial charge is 0.424 e. The van der Waals surface area contributed by atoms with E-state index in [1.54, 1.807) is 0 Å². The molecule has 3 aliphatic rings. The van der Waals surface area contributed by atoms with Crippen molar-refractivity contribution < 1.29 is 4.74 Å². The lowest BCUT2D eigenvalue weighted by Crippen LogP contribution is -2.44. The first-order chi connectivity index (χ1) is 18.0. The van der Waals surface area contributed by atoms with E-state index >= 15 is 0 Å². The Morgan fingerprint density at radius 1 is 0.919 bits per heavy atom. The number of benzene rings is 2. The zero-order valence-electron chi connectivity index (χ0n) is 21.7. The summed E-state index contributed by atoms with van der Waals surface area (Å²) in [6.07, 6.45) is 5.34.